The van der Waals surface area contributed by atoms with Crippen LogP contribution in [0.3, 0.4) is 0 Å². The Kier molecular flexibility index (Phi) is 11.6. The lowest BCUT2D eigenvalue weighted by Gasteiger charge is -2.30. The van der Waals surface area contributed by atoms with Crippen LogP contribution in [-0.4, -0.2) is 65.0 Å². The van der Waals surface area contributed by atoms with E-state index in [4.69, 9.17) is 10.5 Å². The van der Waals surface area contributed by atoms with Crippen molar-refractivity contribution in [3.63, 3.8) is 0 Å². The fraction of sp³-hybridized carbons (Fsp3) is 0.342. The molecule has 4 aromatic carbocycles. The van der Waals surface area contributed by atoms with Crippen molar-refractivity contribution in [2.75, 3.05) is 13.1 Å². The first kappa shape index (κ1) is 33.6. The SMILES string of the molecule is CC(=O)NC(Cc1ccc(O)cc1)C(=O)NC(Cc1ccccc1)C(=O)N1CC(OCc2ccc3ccccc3c2)CC1CCCN. The fourth-order valence-corrected chi connectivity index (χ4v) is 6.28. The molecule has 9 heteroatoms. The molecule has 1 aliphatic rings. The maximum absolute atomic E-state index is 14.4. The lowest BCUT2D eigenvalue weighted by Crippen LogP contribution is -2.56. The number of likely N-dealkylation sites (tertiary alicyclic amines) is 1. The van der Waals surface area contributed by atoms with Crippen LogP contribution in [0.4, 0.5) is 0 Å². The van der Waals surface area contributed by atoms with E-state index in [1.807, 2.05) is 47.4 Å². The summed E-state index contributed by atoms with van der Waals surface area (Å²) >= 11 is 0. The number of phenols is 1. The van der Waals surface area contributed by atoms with E-state index in [9.17, 15) is 19.5 Å². The summed E-state index contributed by atoms with van der Waals surface area (Å²) < 4.78 is 6.39. The van der Waals surface area contributed by atoms with E-state index in [1.54, 1.807) is 12.1 Å². The number of carbonyl (C=O) groups excluding carboxylic acids is 3. The standard InChI is InChI=1S/C38H44N4O5/c1-26(43)40-35(21-28-14-17-33(44)18-15-28)37(45)41-36(22-27-8-3-2-4-9-27)38(46)42-24-34(23-32(42)12-7-19-39)47-25-29-13-16-30-10-5-6-11-31(30)20-29/h2-6,8-11,13-18,20,32,34-36,44H,7,12,19,21-25,39H2,1H3,(H,40,43)(H,41,45). The molecule has 9 nitrogen and oxygen atoms in total. The van der Waals surface area contributed by atoms with Gasteiger partial charge < -0.3 is 31.1 Å². The number of nitrogens with one attached hydrogen (secondary N) is 2. The topological polar surface area (TPSA) is 134 Å². The minimum atomic E-state index is -0.909. The molecule has 0 aliphatic carbocycles. The van der Waals surface area contributed by atoms with Crippen LogP contribution in [0, 0.1) is 0 Å². The Morgan fingerprint density at radius 1 is 0.851 bits per heavy atom. The van der Waals surface area contributed by atoms with Gasteiger partial charge in [-0.15, -0.1) is 0 Å². The maximum Gasteiger partial charge on any atom is 0.245 e. The number of nitrogens with zero attached hydrogens (tertiary/aromatic N) is 1. The highest BCUT2D eigenvalue weighted by Gasteiger charge is 2.39. The predicted octanol–water partition coefficient (Wildman–Crippen LogP) is 4.25. The number of fused-ring (bicyclic) bond motifs is 1. The van der Waals surface area contributed by atoms with E-state index in [0.717, 1.165) is 34.9 Å². The molecule has 4 unspecified atom stereocenters. The first-order chi connectivity index (χ1) is 22.8. The van der Waals surface area contributed by atoms with Gasteiger partial charge in [0, 0.05) is 32.4 Å². The van der Waals surface area contributed by atoms with Crippen LogP contribution in [0.1, 0.15) is 42.9 Å². The second-order valence-electron chi connectivity index (χ2n) is 12.3. The van der Waals surface area contributed by atoms with Crippen LogP contribution in [0.2, 0.25) is 0 Å². The molecule has 5 rings (SSSR count). The highest BCUT2D eigenvalue weighted by molar-refractivity contribution is 5.92. The van der Waals surface area contributed by atoms with Crippen molar-refractivity contribution in [3.8, 4) is 5.75 Å². The monoisotopic (exact) mass is 636 g/mol. The summed E-state index contributed by atoms with van der Waals surface area (Å²) in [5, 5.41) is 17.7. The van der Waals surface area contributed by atoms with Gasteiger partial charge in [0.05, 0.1) is 12.7 Å². The van der Waals surface area contributed by atoms with Crippen molar-refractivity contribution in [2.24, 2.45) is 5.73 Å². The summed E-state index contributed by atoms with van der Waals surface area (Å²) in [6, 6.07) is 28.7. The van der Waals surface area contributed by atoms with E-state index in [1.165, 1.54) is 24.4 Å². The molecule has 0 bridgehead atoms. The number of hydrogen-bond donors (Lipinski definition) is 4. The average molecular weight is 637 g/mol. The van der Waals surface area contributed by atoms with Crippen molar-refractivity contribution in [3.05, 3.63) is 114 Å². The van der Waals surface area contributed by atoms with Crippen LogP contribution < -0.4 is 16.4 Å². The number of phenolic OH excluding ortho intramolecular Hbond substituents is 1. The number of nitrogens with two attached hydrogens (primary N) is 1. The normalized spacial score (nSPS) is 17.3. The molecule has 246 valence electrons. The van der Waals surface area contributed by atoms with Gasteiger partial charge in [0.1, 0.15) is 17.8 Å². The Bertz CT molecular complexity index is 1650. The highest BCUT2D eigenvalue weighted by atomic mass is 16.5. The Hall–Kier alpha value is -4.73. The lowest BCUT2D eigenvalue weighted by atomic mass is 10.0. The molecule has 0 saturated carbocycles. The van der Waals surface area contributed by atoms with E-state index < -0.39 is 18.0 Å². The van der Waals surface area contributed by atoms with Crippen LogP contribution in [-0.2, 0) is 38.6 Å². The van der Waals surface area contributed by atoms with Crippen LogP contribution >= 0.6 is 0 Å². The summed E-state index contributed by atoms with van der Waals surface area (Å²) in [5.74, 6) is -0.892. The van der Waals surface area contributed by atoms with Crippen LogP contribution in [0.15, 0.2) is 97.1 Å². The van der Waals surface area contributed by atoms with E-state index in [0.29, 0.717) is 32.5 Å². The zero-order chi connectivity index (χ0) is 33.2. The number of hydrogen-bond acceptors (Lipinski definition) is 6. The Balaban J connectivity index is 1.33. The van der Waals surface area contributed by atoms with Gasteiger partial charge in [-0.3, -0.25) is 14.4 Å². The van der Waals surface area contributed by atoms with Crippen molar-refractivity contribution in [1.82, 2.24) is 15.5 Å². The first-order valence-corrected chi connectivity index (χ1v) is 16.3. The summed E-state index contributed by atoms with van der Waals surface area (Å²) in [4.78, 5) is 42.1. The smallest absolute Gasteiger partial charge is 0.245 e. The number of rotatable bonds is 14. The van der Waals surface area contributed by atoms with E-state index in [-0.39, 0.29) is 36.1 Å². The molecular weight excluding hydrogens is 592 g/mol. The molecular formula is C38H44N4O5. The zero-order valence-electron chi connectivity index (χ0n) is 26.8. The van der Waals surface area contributed by atoms with Crippen LogP contribution in [0.25, 0.3) is 10.8 Å². The molecule has 1 fully saturated rings. The van der Waals surface area contributed by atoms with E-state index >= 15 is 0 Å². The number of carbonyl (C=O) groups is 3. The molecule has 1 aliphatic heterocycles. The second kappa shape index (κ2) is 16.2. The third-order valence-electron chi connectivity index (χ3n) is 8.67. The molecule has 4 aromatic rings. The van der Waals surface area contributed by atoms with Crippen molar-refractivity contribution in [1.29, 1.82) is 0 Å². The molecule has 1 heterocycles. The lowest BCUT2D eigenvalue weighted by molar-refractivity contribution is -0.138. The molecule has 47 heavy (non-hydrogen) atoms. The molecule has 5 N–H and O–H groups in total. The average Bonchev–Trinajstić information content (AvgIpc) is 3.49. The summed E-state index contributed by atoms with van der Waals surface area (Å²) in [7, 11) is 0. The van der Waals surface area contributed by atoms with Crippen LogP contribution in [0.5, 0.6) is 5.75 Å². The quantitative estimate of drug-likeness (QED) is 0.164. The zero-order valence-corrected chi connectivity index (χ0v) is 26.8. The van der Waals surface area contributed by atoms with Gasteiger partial charge >= 0.3 is 0 Å². The number of amides is 3. The van der Waals surface area contributed by atoms with Gasteiger partial charge in [-0.25, -0.2) is 0 Å². The minimum Gasteiger partial charge on any atom is -0.508 e. The largest absolute Gasteiger partial charge is 0.508 e. The summed E-state index contributed by atoms with van der Waals surface area (Å²) in [6.07, 6.45) is 2.51. The van der Waals surface area contributed by atoms with Gasteiger partial charge in [-0.1, -0.05) is 78.9 Å². The molecule has 1 saturated heterocycles. The number of benzene rings is 4. The highest BCUT2D eigenvalue weighted by Crippen LogP contribution is 2.27. The number of ether oxygens (including phenoxy) is 1. The maximum atomic E-state index is 14.4. The minimum absolute atomic E-state index is 0.0778. The van der Waals surface area contributed by atoms with Gasteiger partial charge in [0.15, 0.2) is 0 Å². The Morgan fingerprint density at radius 3 is 2.23 bits per heavy atom. The first-order valence-electron chi connectivity index (χ1n) is 16.3. The predicted molar refractivity (Wildman–Crippen MR) is 182 cm³/mol. The van der Waals surface area contributed by atoms with Gasteiger partial charge in [-0.2, -0.15) is 0 Å². The Labute approximate surface area is 276 Å². The molecule has 3 amide bonds. The van der Waals surface area contributed by atoms with E-state index in [2.05, 4.69) is 41.0 Å². The molecule has 0 radical (unpaired) electrons. The molecule has 4 atom stereocenters. The van der Waals surface area contributed by atoms with Crippen molar-refractivity contribution < 1.29 is 24.2 Å². The summed E-state index contributed by atoms with van der Waals surface area (Å²) in [5.41, 5.74) is 8.61. The van der Waals surface area contributed by atoms with Gasteiger partial charge in [0.25, 0.3) is 0 Å². The third kappa shape index (κ3) is 9.40. The molecule has 0 spiro atoms. The van der Waals surface area contributed by atoms with Crippen molar-refractivity contribution in [2.45, 2.75) is 69.9 Å². The summed E-state index contributed by atoms with van der Waals surface area (Å²) in [6.45, 7) is 2.71. The molecule has 0 aromatic heterocycles. The van der Waals surface area contributed by atoms with Crippen molar-refractivity contribution >= 4 is 28.5 Å². The third-order valence-corrected chi connectivity index (χ3v) is 8.67. The van der Waals surface area contributed by atoms with Gasteiger partial charge in [-0.05, 0) is 71.5 Å². The fourth-order valence-electron chi connectivity index (χ4n) is 6.28. The second-order valence-corrected chi connectivity index (χ2v) is 12.3. The van der Waals surface area contributed by atoms with Gasteiger partial charge in [0.2, 0.25) is 17.7 Å². The number of aromatic hydroxyl groups is 1. The Morgan fingerprint density at radius 2 is 1.51 bits per heavy atom.